The van der Waals surface area contributed by atoms with Crippen LogP contribution in [0.25, 0.3) is 0 Å². The van der Waals surface area contributed by atoms with E-state index in [-0.39, 0.29) is 0 Å². The molecule has 0 radical (unpaired) electrons. The van der Waals surface area contributed by atoms with E-state index in [0.29, 0.717) is 26.2 Å². The van der Waals surface area contributed by atoms with E-state index in [1.807, 2.05) is 35.2 Å². The number of carboxylic acid groups (broad SMARTS) is 1. The summed E-state index contributed by atoms with van der Waals surface area (Å²) in [6.07, 6.45) is -1.39. The number of morpholine rings is 1. The molecule has 2 unspecified atom stereocenters. The summed E-state index contributed by atoms with van der Waals surface area (Å²) >= 11 is 0. The molecule has 0 amide bonds. The van der Waals surface area contributed by atoms with Crippen molar-refractivity contribution in [2.75, 3.05) is 26.2 Å². The first-order valence-corrected chi connectivity index (χ1v) is 5.96. The Morgan fingerprint density at radius 1 is 1.44 bits per heavy atom. The van der Waals surface area contributed by atoms with E-state index < -0.39 is 18.2 Å². The second-order valence-corrected chi connectivity index (χ2v) is 4.38. The number of aliphatic hydroxyl groups excluding tert-OH is 1. The van der Waals surface area contributed by atoms with Gasteiger partial charge in [0.1, 0.15) is 0 Å². The molecule has 98 valence electrons. The van der Waals surface area contributed by atoms with E-state index in [2.05, 4.69) is 0 Å². The first-order chi connectivity index (χ1) is 8.66. The van der Waals surface area contributed by atoms with Gasteiger partial charge in [-0.3, -0.25) is 4.90 Å². The van der Waals surface area contributed by atoms with Crippen molar-refractivity contribution >= 4 is 5.97 Å². The van der Waals surface area contributed by atoms with E-state index in [9.17, 15) is 9.90 Å². The number of nitrogens with zero attached hydrogens (tertiary/aromatic N) is 1. The van der Waals surface area contributed by atoms with Crippen molar-refractivity contribution in [3.8, 4) is 0 Å². The van der Waals surface area contributed by atoms with Crippen molar-refractivity contribution in [3.63, 3.8) is 0 Å². The topological polar surface area (TPSA) is 70.0 Å². The van der Waals surface area contributed by atoms with Crippen LogP contribution in [0.2, 0.25) is 0 Å². The minimum atomic E-state index is -0.950. The van der Waals surface area contributed by atoms with Gasteiger partial charge in [-0.25, -0.2) is 4.79 Å². The van der Waals surface area contributed by atoms with E-state index in [1.54, 1.807) is 0 Å². The van der Waals surface area contributed by atoms with Crippen LogP contribution in [-0.4, -0.2) is 53.4 Å². The number of hydrogen-bond acceptors (Lipinski definition) is 4. The lowest BCUT2D eigenvalue weighted by atomic mass is 10.1. The number of rotatable bonds is 4. The van der Waals surface area contributed by atoms with Gasteiger partial charge in [-0.05, 0) is 5.56 Å². The van der Waals surface area contributed by atoms with E-state index in [4.69, 9.17) is 9.84 Å². The second-order valence-electron chi connectivity index (χ2n) is 4.38. The third-order valence-electron chi connectivity index (χ3n) is 3.04. The Labute approximate surface area is 106 Å². The van der Waals surface area contributed by atoms with Crippen molar-refractivity contribution in [1.29, 1.82) is 0 Å². The van der Waals surface area contributed by atoms with Crippen LogP contribution >= 0.6 is 0 Å². The Hall–Kier alpha value is -1.43. The molecule has 1 heterocycles. The molecule has 2 atom stereocenters. The summed E-state index contributed by atoms with van der Waals surface area (Å²) in [6.45, 7) is 1.78. The predicted molar refractivity (Wildman–Crippen MR) is 65.2 cm³/mol. The van der Waals surface area contributed by atoms with Gasteiger partial charge in [0.05, 0.1) is 12.7 Å². The molecule has 5 nitrogen and oxygen atoms in total. The Bertz CT molecular complexity index is 395. The normalized spacial score (nSPS) is 22.6. The van der Waals surface area contributed by atoms with Gasteiger partial charge in [-0.15, -0.1) is 0 Å². The summed E-state index contributed by atoms with van der Waals surface area (Å²) in [7, 11) is 0. The number of ether oxygens (including phenoxy) is 1. The smallest absolute Gasteiger partial charge is 0.334 e. The average molecular weight is 251 g/mol. The summed E-state index contributed by atoms with van der Waals surface area (Å²) in [5, 5.41) is 19.0. The molecular weight excluding hydrogens is 234 g/mol. The van der Waals surface area contributed by atoms with E-state index in [1.165, 1.54) is 0 Å². The number of hydrogen-bond donors (Lipinski definition) is 2. The fourth-order valence-corrected chi connectivity index (χ4v) is 2.04. The molecule has 1 fully saturated rings. The standard InChI is InChI=1S/C13H17NO4/c15-11(10-4-2-1-3-5-10)8-14-6-7-18-12(9-14)13(16)17/h1-5,11-12,15H,6-9H2,(H,16,17). The molecule has 0 saturated carbocycles. The SMILES string of the molecule is O=C(O)C1CN(CC(O)c2ccccc2)CCO1. The zero-order chi connectivity index (χ0) is 13.0. The quantitative estimate of drug-likeness (QED) is 0.815. The first kappa shape index (κ1) is 13.0. The number of carbonyl (C=O) groups is 1. The Balaban J connectivity index is 1.91. The highest BCUT2D eigenvalue weighted by atomic mass is 16.5. The van der Waals surface area contributed by atoms with Crippen molar-refractivity contribution in [2.24, 2.45) is 0 Å². The minimum absolute atomic E-state index is 0.319. The van der Waals surface area contributed by atoms with Crippen molar-refractivity contribution in [1.82, 2.24) is 4.90 Å². The number of β-amino-alcohol motifs (C(OH)–C–C–N with tert-alkyl or cyclic N) is 1. The van der Waals surface area contributed by atoms with Gasteiger partial charge in [0.2, 0.25) is 0 Å². The van der Waals surface area contributed by atoms with Crippen LogP contribution in [0.5, 0.6) is 0 Å². The molecule has 1 aliphatic heterocycles. The highest BCUT2D eigenvalue weighted by molar-refractivity contribution is 5.72. The molecule has 1 aromatic carbocycles. The molecule has 18 heavy (non-hydrogen) atoms. The van der Waals surface area contributed by atoms with Gasteiger partial charge in [0.25, 0.3) is 0 Å². The lowest BCUT2D eigenvalue weighted by molar-refractivity contribution is -0.156. The van der Waals surface area contributed by atoms with Crippen LogP contribution in [0.4, 0.5) is 0 Å². The third kappa shape index (κ3) is 3.29. The number of aliphatic hydroxyl groups is 1. The molecule has 2 rings (SSSR count). The van der Waals surface area contributed by atoms with Gasteiger partial charge in [-0.2, -0.15) is 0 Å². The molecule has 0 spiro atoms. The molecule has 1 aliphatic rings. The second kappa shape index (κ2) is 5.95. The highest BCUT2D eigenvalue weighted by Crippen LogP contribution is 2.15. The summed E-state index contributed by atoms with van der Waals surface area (Å²) in [5.41, 5.74) is 0.843. The van der Waals surface area contributed by atoms with Gasteiger partial charge < -0.3 is 14.9 Å². The molecule has 1 aromatic rings. The number of carboxylic acids is 1. The molecule has 0 bridgehead atoms. The van der Waals surface area contributed by atoms with Crippen molar-refractivity contribution in [3.05, 3.63) is 35.9 Å². The lowest BCUT2D eigenvalue weighted by Gasteiger charge is -2.32. The van der Waals surface area contributed by atoms with Crippen molar-refractivity contribution < 1.29 is 19.7 Å². The maximum Gasteiger partial charge on any atom is 0.334 e. The Morgan fingerprint density at radius 3 is 2.83 bits per heavy atom. The van der Waals surface area contributed by atoms with Gasteiger partial charge in [-0.1, -0.05) is 30.3 Å². The fourth-order valence-electron chi connectivity index (χ4n) is 2.04. The average Bonchev–Trinajstić information content (AvgIpc) is 2.40. The summed E-state index contributed by atoms with van der Waals surface area (Å²) in [5.74, 6) is -0.950. The summed E-state index contributed by atoms with van der Waals surface area (Å²) < 4.78 is 5.13. The van der Waals surface area contributed by atoms with Gasteiger partial charge in [0, 0.05) is 19.6 Å². The predicted octanol–water partition coefficient (Wildman–Crippen LogP) is 0.505. The zero-order valence-corrected chi connectivity index (χ0v) is 10.0. The third-order valence-corrected chi connectivity index (χ3v) is 3.04. The van der Waals surface area contributed by atoms with Crippen LogP contribution in [0.15, 0.2) is 30.3 Å². The molecule has 0 aromatic heterocycles. The number of aliphatic carboxylic acids is 1. The number of benzene rings is 1. The Kier molecular flexibility index (Phi) is 4.30. The van der Waals surface area contributed by atoms with Gasteiger partial charge >= 0.3 is 5.97 Å². The Morgan fingerprint density at radius 2 is 2.17 bits per heavy atom. The van der Waals surface area contributed by atoms with Crippen LogP contribution < -0.4 is 0 Å². The largest absolute Gasteiger partial charge is 0.479 e. The molecule has 2 N–H and O–H groups in total. The molecule has 1 saturated heterocycles. The zero-order valence-electron chi connectivity index (χ0n) is 10.0. The molecule has 0 aliphatic carbocycles. The fraction of sp³-hybridized carbons (Fsp3) is 0.462. The lowest BCUT2D eigenvalue weighted by Crippen LogP contribution is -2.47. The maximum absolute atomic E-state index is 10.8. The molecule has 5 heteroatoms. The van der Waals surface area contributed by atoms with E-state index in [0.717, 1.165) is 5.56 Å². The highest BCUT2D eigenvalue weighted by Gasteiger charge is 2.27. The van der Waals surface area contributed by atoms with Gasteiger partial charge in [0.15, 0.2) is 6.10 Å². The van der Waals surface area contributed by atoms with Crippen molar-refractivity contribution in [2.45, 2.75) is 12.2 Å². The summed E-state index contributed by atoms with van der Waals surface area (Å²) in [4.78, 5) is 12.8. The first-order valence-electron chi connectivity index (χ1n) is 5.96. The van der Waals surface area contributed by atoms with Crippen LogP contribution in [0.3, 0.4) is 0 Å². The molecular formula is C13H17NO4. The minimum Gasteiger partial charge on any atom is -0.479 e. The van der Waals surface area contributed by atoms with E-state index >= 15 is 0 Å². The maximum atomic E-state index is 10.8. The monoisotopic (exact) mass is 251 g/mol. The summed E-state index contributed by atoms with van der Waals surface area (Å²) in [6, 6.07) is 9.36. The van der Waals surface area contributed by atoms with Crippen LogP contribution in [0, 0.1) is 0 Å². The van der Waals surface area contributed by atoms with Crippen LogP contribution in [-0.2, 0) is 9.53 Å². The van der Waals surface area contributed by atoms with Crippen LogP contribution in [0.1, 0.15) is 11.7 Å².